The molecule has 0 saturated carbocycles. The Morgan fingerprint density at radius 3 is 2.27 bits per heavy atom. The number of hydrogen-bond donors (Lipinski definition) is 0. The standard InChI is InChI=1S/C20H23F3N6O/c1-14-12-17(27-6-2-3-7-27)26-19(25-14)29-10-8-28(9-11-29)18(30)15-4-5-16(24-13-15)20(21,22)23/h4-5,12-13H,2-3,6-11H2,1H3. The molecule has 0 bridgehead atoms. The Labute approximate surface area is 172 Å². The number of carbonyl (C=O) groups is 1. The fourth-order valence-electron chi connectivity index (χ4n) is 3.77. The molecular weight excluding hydrogens is 397 g/mol. The highest BCUT2D eigenvalue weighted by Gasteiger charge is 2.32. The lowest BCUT2D eigenvalue weighted by Crippen LogP contribution is -2.49. The molecule has 2 aromatic rings. The molecule has 0 spiro atoms. The fourth-order valence-corrected chi connectivity index (χ4v) is 3.77. The van der Waals surface area contributed by atoms with Gasteiger partial charge in [0.15, 0.2) is 0 Å². The number of aromatic nitrogens is 3. The Balaban J connectivity index is 1.41. The molecular formula is C20H23F3N6O. The number of carbonyl (C=O) groups excluding carboxylic acids is 1. The summed E-state index contributed by atoms with van der Waals surface area (Å²) in [5, 5.41) is 0. The molecule has 2 aromatic heterocycles. The second-order valence-corrected chi connectivity index (χ2v) is 7.57. The van der Waals surface area contributed by atoms with Crippen LogP contribution in [-0.4, -0.2) is 65.0 Å². The van der Waals surface area contributed by atoms with Gasteiger partial charge in [0.05, 0.1) is 5.56 Å². The summed E-state index contributed by atoms with van der Waals surface area (Å²) in [5.41, 5.74) is 0.0464. The van der Waals surface area contributed by atoms with Gasteiger partial charge in [-0.3, -0.25) is 9.78 Å². The van der Waals surface area contributed by atoms with Gasteiger partial charge in [0.2, 0.25) is 5.95 Å². The first-order valence-corrected chi connectivity index (χ1v) is 9.99. The first-order valence-electron chi connectivity index (χ1n) is 9.99. The SMILES string of the molecule is Cc1cc(N2CCCC2)nc(N2CCN(C(=O)c3ccc(C(F)(F)F)nc3)CC2)n1. The number of halogens is 3. The van der Waals surface area contributed by atoms with Crippen LogP contribution in [0, 0.1) is 6.92 Å². The van der Waals surface area contributed by atoms with Crippen LogP contribution in [0.25, 0.3) is 0 Å². The number of pyridine rings is 1. The number of hydrogen-bond acceptors (Lipinski definition) is 6. The maximum atomic E-state index is 12.7. The highest BCUT2D eigenvalue weighted by Crippen LogP contribution is 2.27. The van der Waals surface area contributed by atoms with E-state index in [1.165, 1.54) is 6.07 Å². The zero-order valence-corrected chi connectivity index (χ0v) is 16.7. The van der Waals surface area contributed by atoms with Crippen molar-refractivity contribution in [1.82, 2.24) is 19.9 Å². The summed E-state index contributed by atoms with van der Waals surface area (Å²) >= 11 is 0. The van der Waals surface area contributed by atoms with Gasteiger partial charge in [0, 0.05) is 57.2 Å². The van der Waals surface area contributed by atoms with Crippen LogP contribution in [0.15, 0.2) is 24.4 Å². The zero-order chi connectivity index (χ0) is 21.3. The lowest BCUT2D eigenvalue weighted by molar-refractivity contribution is -0.141. The van der Waals surface area contributed by atoms with E-state index in [1.807, 2.05) is 17.9 Å². The topological polar surface area (TPSA) is 65.5 Å². The zero-order valence-electron chi connectivity index (χ0n) is 16.7. The average Bonchev–Trinajstić information content (AvgIpc) is 3.27. The summed E-state index contributed by atoms with van der Waals surface area (Å²) in [5.74, 6) is 1.27. The minimum absolute atomic E-state index is 0.152. The number of alkyl halides is 3. The van der Waals surface area contributed by atoms with Crippen LogP contribution in [0.2, 0.25) is 0 Å². The van der Waals surface area contributed by atoms with Gasteiger partial charge in [-0.2, -0.15) is 18.2 Å². The van der Waals surface area contributed by atoms with Crippen molar-refractivity contribution in [2.45, 2.75) is 25.9 Å². The number of anilines is 2. The molecule has 0 aliphatic carbocycles. The second-order valence-electron chi connectivity index (χ2n) is 7.57. The van der Waals surface area contributed by atoms with E-state index in [2.05, 4.69) is 14.9 Å². The monoisotopic (exact) mass is 420 g/mol. The molecule has 0 N–H and O–H groups in total. The maximum absolute atomic E-state index is 12.7. The van der Waals surface area contributed by atoms with Crippen molar-refractivity contribution in [3.8, 4) is 0 Å². The van der Waals surface area contributed by atoms with Gasteiger partial charge in [-0.05, 0) is 31.9 Å². The van der Waals surface area contributed by atoms with E-state index < -0.39 is 11.9 Å². The predicted octanol–water partition coefficient (Wildman–Crippen LogP) is 2.76. The molecule has 160 valence electrons. The van der Waals surface area contributed by atoms with Crippen LogP contribution in [-0.2, 0) is 6.18 Å². The van der Waals surface area contributed by atoms with E-state index in [-0.39, 0.29) is 11.5 Å². The summed E-state index contributed by atoms with van der Waals surface area (Å²) in [6.07, 6.45) is -1.20. The van der Waals surface area contributed by atoms with Gasteiger partial charge in [-0.25, -0.2) is 4.98 Å². The smallest absolute Gasteiger partial charge is 0.356 e. The summed E-state index contributed by atoms with van der Waals surface area (Å²) < 4.78 is 38.0. The molecule has 4 rings (SSSR count). The number of amides is 1. The Kier molecular flexibility index (Phi) is 5.48. The van der Waals surface area contributed by atoms with Gasteiger partial charge >= 0.3 is 6.18 Å². The number of piperazine rings is 1. The normalized spacial score (nSPS) is 17.5. The number of nitrogens with zero attached hydrogens (tertiary/aromatic N) is 6. The van der Waals surface area contributed by atoms with Gasteiger partial charge in [0.1, 0.15) is 11.5 Å². The Morgan fingerprint density at radius 1 is 0.967 bits per heavy atom. The molecule has 0 aromatic carbocycles. The van der Waals surface area contributed by atoms with E-state index in [4.69, 9.17) is 4.98 Å². The van der Waals surface area contributed by atoms with Crippen molar-refractivity contribution in [2.75, 3.05) is 49.1 Å². The molecule has 2 saturated heterocycles. The van der Waals surface area contributed by atoms with Gasteiger partial charge < -0.3 is 14.7 Å². The average molecular weight is 420 g/mol. The molecule has 2 aliphatic heterocycles. The van der Waals surface area contributed by atoms with Crippen molar-refractivity contribution in [2.24, 2.45) is 0 Å². The molecule has 30 heavy (non-hydrogen) atoms. The summed E-state index contributed by atoms with van der Waals surface area (Å²) in [6.45, 7) is 5.94. The Hall–Kier alpha value is -2.91. The Bertz CT molecular complexity index is 904. The van der Waals surface area contributed by atoms with Crippen molar-refractivity contribution in [3.05, 3.63) is 41.3 Å². The van der Waals surface area contributed by atoms with Crippen LogP contribution in [0.5, 0.6) is 0 Å². The van der Waals surface area contributed by atoms with Crippen molar-refractivity contribution in [1.29, 1.82) is 0 Å². The third-order valence-corrected chi connectivity index (χ3v) is 5.41. The quantitative estimate of drug-likeness (QED) is 0.761. The van der Waals surface area contributed by atoms with Gasteiger partial charge in [-0.15, -0.1) is 0 Å². The van der Waals surface area contributed by atoms with Gasteiger partial charge in [0.25, 0.3) is 5.91 Å². The van der Waals surface area contributed by atoms with E-state index in [0.29, 0.717) is 32.1 Å². The van der Waals surface area contributed by atoms with Crippen molar-refractivity contribution >= 4 is 17.7 Å². The van der Waals surface area contributed by atoms with Crippen LogP contribution >= 0.6 is 0 Å². The minimum Gasteiger partial charge on any atom is -0.356 e. The van der Waals surface area contributed by atoms with E-state index in [9.17, 15) is 18.0 Å². The molecule has 2 fully saturated rings. The highest BCUT2D eigenvalue weighted by molar-refractivity contribution is 5.94. The number of aryl methyl sites for hydroxylation is 1. The predicted molar refractivity (Wildman–Crippen MR) is 106 cm³/mol. The third kappa shape index (κ3) is 4.31. The summed E-state index contributed by atoms with van der Waals surface area (Å²) in [7, 11) is 0. The molecule has 0 unspecified atom stereocenters. The molecule has 7 nitrogen and oxygen atoms in total. The summed E-state index contributed by atoms with van der Waals surface area (Å²) in [4.78, 5) is 31.2. The third-order valence-electron chi connectivity index (χ3n) is 5.41. The lowest BCUT2D eigenvalue weighted by Gasteiger charge is -2.35. The van der Waals surface area contributed by atoms with Crippen LogP contribution in [0.4, 0.5) is 24.9 Å². The van der Waals surface area contributed by atoms with Crippen molar-refractivity contribution in [3.63, 3.8) is 0 Å². The summed E-state index contributed by atoms with van der Waals surface area (Å²) in [6, 6.07) is 4.01. The van der Waals surface area contributed by atoms with Crippen LogP contribution in [0.3, 0.4) is 0 Å². The minimum atomic E-state index is -4.52. The second kappa shape index (κ2) is 8.08. The largest absolute Gasteiger partial charge is 0.433 e. The van der Waals surface area contributed by atoms with Crippen LogP contribution in [0.1, 0.15) is 34.6 Å². The molecule has 2 aliphatic rings. The molecule has 0 radical (unpaired) electrons. The van der Waals surface area contributed by atoms with Crippen molar-refractivity contribution < 1.29 is 18.0 Å². The van der Waals surface area contributed by atoms with Gasteiger partial charge in [-0.1, -0.05) is 0 Å². The molecule has 4 heterocycles. The van der Waals surface area contributed by atoms with E-state index in [1.54, 1.807) is 4.90 Å². The highest BCUT2D eigenvalue weighted by atomic mass is 19.4. The molecule has 1 amide bonds. The first kappa shape index (κ1) is 20.4. The first-order chi connectivity index (χ1) is 14.3. The Morgan fingerprint density at radius 2 is 1.67 bits per heavy atom. The number of rotatable bonds is 3. The fraction of sp³-hybridized carbons (Fsp3) is 0.500. The van der Waals surface area contributed by atoms with E-state index >= 15 is 0 Å². The molecule has 0 atom stereocenters. The van der Waals surface area contributed by atoms with Crippen LogP contribution < -0.4 is 9.80 Å². The lowest BCUT2D eigenvalue weighted by atomic mass is 10.2. The maximum Gasteiger partial charge on any atom is 0.433 e. The molecule has 10 heteroatoms. The van der Waals surface area contributed by atoms with E-state index in [0.717, 1.165) is 49.7 Å².